The zero-order valence-electron chi connectivity index (χ0n) is 19.8. The molecule has 0 saturated heterocycles. The third kappa shape index (κ3) is 3.32. The molecule has 6 aromatic rings. The maximum absolute atomic E-state index is 5.12. The lowest BCUT2D eigenvalue weighted by Gasteiger charge is -2.11. The summed E-state index contributed by atoms with van der Waals surface area (Å²) in [6.45, 7) is 7.21. The number of nitrogens with zero attached hydrogens (tertiary/aromatic N) is 3. The van der Waals surface area contributed by atoms with E-state index in [0.717, 1.165) is 23.4 Å². The molecule has 0 N–H and O–H groups in total. The Kier molecular flexibility index (Phi) is 4.84. The summed E-state index contributed by atoms with van der Waals surface area (Å²) < 4.78 is 4.71. The van der Waals surface area contributed by atoms with Crippen LogP contribution in [0.15, 0.2) is 97.2 Å². The van der Waals surface area contributed by atoms with Crippen LogP contribution in [0.1, 0.15) is 22.3 Å². The van der Waals surface area contributed by atoms with Crippen molar-refractivity contribution in [3.05, 3.63) is 119 Å². The average Bonchev–Trinajstić information content (AvgIpc) is 3.38. The van der Waals surface area contributed by atoms with Crippen LogP contribution in [-0.2, 0) is 6.54 Å². The molecule has 0 bridgehead atoms. The third-order valence-electron chi connectivity index (χ3n) is 6.79. The molecule has 3 heteroatoms. The Morgan fingerprint density at radius 1 is 0.706 bits per heavy atom. The summed E-state index contributed by atoms with van der Waals surface area (Å²) in [5.74, 6) is 1.02. The van der Waals surface area contributed by atoms with Gasteiger partial charge in [-0.05, 0) is 67.3 Å². The van der Waals surface area contributed by atoms with E-state index in [-0.39, 0.29) is 0 Å². The van der Waals surface area contributed by atoms with Crippen molar-refractivity contribution in [2.75, 3.05) is 0 Å². The molecule has 0 radical (unpaired) electrons. The number of hydrogen-bond donors (Lipinski definition) is 0. The Hall–Kier alpha value is -4.11. The number of benzene rings is 4. The van der Waals surface area contributed by atoms with Gasteiger partial charge in [-0.15, -0.1) is 0 Å². The normalized spacial score (nSPS) is 11.5. The zero-order valence-corrected chi connectivity index (χ0v) is 19.8. The molecule has 0 spiro atoms. The maximum atomic E-state index is 5.12. The molecule has 0 aliphatic rings. The van der Waals surface area contributed by atoms with Gasteiger partial charge in [-0.2, -0.15) is 0 Å². The highest BCUT2D eigenvalue weighted by molar-refractivity contribution is 5.87. The molecule has 3 nitrogen and oxygen atoms in total. The van der Waals surface area contributed by atoms with E-state index in [2.05, 4.69) is 127 Å². The van der Waals surface area contributed by atoms with Crippen LogP contribution in [0, 0.1) is 20.8 Å². The van der Waals surface area contributed by atoms with Crippen molar-refractivity contribution < 1.29 is 0 Å². The minimum atomic E-state index is 0.753. The van der Waals surface area contributed by atoms with Gasteiger partial charge < -0.3 is 9.13 Å². The van der Waals surface area contributed by atoms with Crippen molar-refractivity contribution in [1.29, 1.82) is 0 Å². The molecule has 4 aromatic carbocycles. The fraction of sp³-hybridized carbons (Fsp3) is 0.129. The van der Waals surface area contributed by atoms with Crippen molar-refractivity contribution in [2.45, 2.75) is 27.3 Å². The standard InChI is InChI=1S/C31H27N3/c1-21-16-17-30-27(18-21)32-31(25-12-6-4-10-22(25)2)34(30)20-24-19-33(28-14-8-5-11-23(28)3)29-15-9-7-13-26(24)29/h4-19H,20H2,1-3H3. The lowest BCUT2D eigenvalue weighted by atomic mass is 10.1. The van der Waals surface area contributed by atoms with Gasteiger partial charge >= 0.3 is 0 Å². The second kappa shape index (κ2) is 8.03. The van der Waals surface area contributed by atoms with Crippen LogP contribution < -0.4 is 0 Å². The molecular weight excluding hydrogens is 414 g/mol. The summed E-state index contributed by atoms with van der Waals surface area (Å²) in [4.78, 5) is 5.12. The SMILES string of the molecule is Cc1ccc2c(c1)nc(-c1ccccc1C)n2Cc1cn(-c2ccccc2C)c2ccccc12. The number of aromatic nitrogens is 3. The first kappa shape index (κ1) is 20.5. The Morgan fingerprint density at radius 2 is 1.44 bits per heavy atom. The fourth-order valence-electron chi connectivity index (χ4n) is 5.01. The predicted molar refractivity (Wildman–Crippen MR) is 142 cm³/mol. The van der Waals surface area contributed by atoms with Crippen molar-refractivity contribution in [1.82, 2.24) is 14.1 Å². The Balaban J connectivity index is 1.58. The fourth-order valence-corrected chi connectivity index (χ4v) is 5.01. The molecule has 0 fully saturated rings. The van der Waals surface area contributed by atoms with E-state index in [1.54, 1.807) is 0 Å². The highest BCUT2D eigenvalue weighted by atomic mass is 15.1. The lowest BCUT2D eigenvalue weighted by molar-refractivity contribution is 0.836. The number of hydrogen-bond acceptors (Lipinski definition) is 1. The quantitative estimate of drug-likeness (QED) is 0.276. The largest absolute Gasteiger partial charge is 0.319 e. The first-order valence-corrected chi connectivity index (χ1v) is 11.8. The molecule has 0 amide bonds. The monoisotopic (exact) mass is 441 g/mol. The van der Waals surface area contributed by atoms with Gasteiger partial charge in [0.25, 0.3) is 0 Å². The summed E-state index contributed by atoms with van der Waals surface area (Å²) in [6, 6.07) is 32.4. The van der Waals surface area contributed by atoms with Gasteiger partial charge in [0.1, 0.15) is 5.82 Å². The summed E-state index contributed by atoms with van der Waals surface area (Å²) in [5.41, 5.74) is 10.8. The first-order chi connectivity index (χ1) is 16.6. The Bertz CT molecular complexity index is 1670. The molecule has 2 aromatic heterocycles. The molecule has 166 valence electrons. The van der Waals surface area contributed by atoms with E-state index in [1.807, 2.05) is 0 Å². The summed E-state index contributed by atoms with van der Waals surface area (Å²) in [7, 11) is 0. The molecule has 6 rings (SSSR count). The highest BCUT2D eigenvalue weighted by Gasteiger charge is 2.18. The third-order valence-corrected chi connectivity index (χ3v) is 6.79. The lowest BCUT2D eigenvalue weighted by Crippen LogP contribution is -2.03. The van der Waals surface area contributed by atoms with Gasteiger partial charge in [0.05, 0.1) is 23.1 Å². The zero-order chi connectivity index (χ0) is 23.2. The minimum absolute atomic E-state index is 0.753. The summed E-state index contributed by atoms with van der Waals surface area (Å²) in [5, 5.41) is 1.27. The van der Waals surface area contributed by atoms with Crippen LogP contribution >= 0.6 is 0 Å². The van der Waals surface area contributed by atoms with E-state index in [1.165, 1.54) is 44.4 Å². The molecule has 0 saturated carbocycles. The summed E-state index contributed by atoms with van der Waals surface area (Å²) in [6.07, 6.45) is 2.30. The Morgan fingerprint density at radius 3 is 2.26 bits per heavy atom. The van der Waals surface area contributed by atoms with Crippen LogP contribution in [0.5, 0.6) is 0 Å². The molecule has 34 heavy (non-hydrogen) atoms. The summed E-state index contributed by atoms with van der Waals surface area (Å²) >= 11 is 0. The molecule has 0 aliphatic carbocycles. The van der Waals surface area contributed by atoms with Gasteiger partial charge in [0.2, 0.25) is 0 Å². The van der Waals surface area contributed by atoms with E-state index in [0.29, 0.717) is 0 Å². The molecule has 0 atom stereocenters. The molecule has 0 aliphatic heterocycles. The second-order valence-corrected chi connectivity index (χ2v) is 9.16. The van der Waals surface area contributed by atoms with Gasteiger partial charge in [-0.1, -0.05) is 66.7 Å². The van der Waals surface area contributed by atoms with E-state index < -0.39 is 0 Å². The highest BCUT2D eigenvalue weighted by Crippen LogP contribution is 2.32. The van der Waals surface area contributed by atoms with Crippen molar-refractivity contribution >= 4 is 21.9 Å². The van der Waals surface area contributed by atoms with Crippen molar-refractivity contribution in [3.8, 4) is 17.1 Å². The van der Waals surface area contributed by atoms with Gasteiger partial charge in [0, 0.05) is 22.8 Å². The number of rotatable bonds is 4. The van der Waals surface area contributed by atoms with Gasteiger partial charge in [-0.25, -0.2) is 4.98 Å². The predicted octanol–water partition coefficient (Wildman–Crippen LogP) is 7.62. The van der Waals surface area contributed by atoms with Gasteiger partial charge in [0.15, 0.2) is 0 Å². The van der Waals surface area contributed by atoms with Crippen molar-refractivity contribution in [3.63, 3.8) is 0 Å². The smallest absolute Gasteiger partial charge is 0.141 e. The van der Waals surface area contributed by atoms with Crippen LogP contribution in [0.4, 0.5) is 0 Å². The number of para-hydroxylation sites is 2. The van der Waals surface area contributed by atoms with Crippen LogP contribution in [0.25, 0.3) is 39.0 Å². The molecule has 0 unspecified atom stereocenters. The number of imidazole rings is 1. The average molecular weight is 442 g/mol. The van der Waals surface area contributed by atoms with Crippen LogP contribution in [0.3, 0.4) is 0 Å². The number of aryl methyl sites for hydroxylation is 3. The minimum Gasteiger partial charge on any atom is -0.319 e. The second-order valence-electron chi connectivity index (χ2n) is 9.16. The maximum Gasteiger partial charge on any atom is 0.141 e. The topological polar surface area (TPSA) is 22.8 Å². The first-order valence-electron chi connectivity index (χ1n) is 11.8. The molecular formula is C31H27N3. The number of fused-ring (bicyclic) bond motifs is 2. The Labute approximate surface area is 199 Å². The van der Waals surface area contributed by atoms with Crippen LogP contribution in [0.2, 0.25) is 0 Å². The van der Waals surface area contributed by atoms with E-state index >= 15 is 0 Å². The molecule has 2 heterocycles. The van der Waals surface area contributed by atoms with Gasteiger partial charge in [-0.3, -0.25) is 0 Å². The van der Waals surface area contributed by atoms with Crippen LogP contribution in [-0.4, -0.2) is 14.1 Å². The van der Waals surface area contributed by atoms with Crippen molar-refractivity contribution in [2.24, 2.45) is 0 Å². The van der Waals surface area contributed by atoms with E-state index in [9.17, 15) is 0 Å². The van der Waals surface area contributed by atoms with E-state index in [4.69, 9.17) is 4.98 Å².